The number of imide groups is 1. The number of halogens is 3. The van der Waals surface area contributed by atoms with Gasteiger partial charge in [0.2, 0.25) is 0 Å². The Morgan fingerprint density at radius 1 is 1.14 bits per heavy atom. The van der Waals surface area contributed by atoms with E-state index in [-0.39, 0.29) is 13.3 Å². The summed E-state index contributed by atoms with van der Waals surface area (Å²) in [7, 11) is 0. The van der Waals surface area contributed by atoms with E-state index in [4.69, 9.17) is 44.3 Å². The van der Waals surface area contributed by atoms with Gasteiger partial charge in [-0.05, 0) is 31.2 Å². The fraction of sp³-hybridized carbons (Fsp3) is 0.263. The fourth-order valence-corrected chi connectivity index (χ4v) is 4.32. The molecule has 0 bridgehead atoms. The lowest BCUT2D eigenvalue weighted by Gasteiger charge is -2.25. The molecule has 2 heterocycles. The van der Waals surface area contributed by atoms with Gasteiger partial charge in [-0.3, -0.25) is 9.69 Å². The molecule has 6 nitrogen and oxygen atoms in total. The van der Waals surface area contributed by atoms with Gasteiger partial charge < -0.3 is 14.8 Å². The fourth-order valence-electron chi connectivity index (χ4n) is 3.46. The zero-order valence-electron chi connectivity index (χ0n) is 14.7. The molecule has 0 saturated carbocycles. The van der Waals surface area contributed by atoms with Crippen molar-refractivity contribution in [2.24, 2.45) is 0 Å². The Bertz CT molecular complexity index is 997. The summed E-state index contributed by atoms with van der Waals surface area (Å²) in [5.74, 6) is 0.150. The number of ether oxygens (including phenoxy) is 2. The average molecular weight is 442 g/mol. The number of nitrogens with one attached hydrogen (secondary N) is 1. The summed E-state index contributed by atoms with van der Waals surface area (Å²) in [6, 6.07) is 7.68. The summed E-state index contributed by atoms with van der Waals surface area (Å²) in [6.45, 7) is 2.06. The third-order valence-corrected chi connectivity index (χ3v) is 5.59. The average Bonchev–Trinajstić information content (AvgIpc) is 2.85. The number of hydrogen-bond donors (Lipinski definition) is 1. The molecular formula is C19H15Cl3N2O4. The smallest absolute Gasteiger partial charge is 0.325 e. The number of carbonyl (C=O) groups excluding carboxylic acids is 2. The molecule has 1 atom stereocenters. The summed E-state index contributed by atoms with van der Waals surface area (Å²) >= 11 is 18.4. The maximum atomic E-state index is 13.2. The van der Waals surface area contributed by atoms with Crippen LogP contribution in [0, 0.1) is 0 Å². The van der Waals surface area contributed by atoms with Crippen molar-refractivity contribution in [2.45, 2.75) is 25.6 Å². The van der Waals surface area contributed by atoms with Crippen LogP contribution in [0.15, 0.2) is 30.3 Å². The lowest BCUT2D eigenvalue weighted by Crippen LogP contribution is -2.41. The molecule has 3 amide bonds. The number of hydrogen-bond acceptors (Lipinski definition) is 4. The van der Waals surface area contributed by atoms with Crippen LogP contribution < -0.4 is 10.1 Å². The highest BCUT2D eigenvalue weighted by molar-refractivity contribution is 6.35. The third kappa shape index (κ3) is 3.20. The first-order valence-electron chi connectivity index (χ1n) is 8.41. The van der Waals surface area contributed by atoms with E-state index in [2.05, 4.69) is 5.32 Å². The van der Waals surface area contributed by atoms with Crippen LogP contribution >= 0.6 is 34.8 Å². The van der Waals surface area contributed by atoms with Crippen molar-refractivity contribution < 1.29 is 19.1 Å². The normalized spacial score (nSPS) is 21.4. The number of amides is 3. The predicted molar refractivity (Wildman–Crippen MR) is 105 cm³/mol. The van der Waals surface area contributed by atoms with Gasteiger partial charge in [0.25, 0.3) is 5.91 Å². The largest absolute Gasteiger partial charge is 0.467 e. The summed E-state index contributed by atoms with van der Waals surface area (Å²) in [4.78, 5) is 26.9. The molecule has 28 heavy (non-hydrogen) atoms. The van der Waals surface area contributed by atoms with Crippen LogP contribution in [0.1, 0.15) is 23.6 Å². The zero-order chi connectivity index (χ0) is 20.1. The summed E-state index contributed by atoms with van der Waals surface area (Å²) < 4.78 is 10.8. The van der Waals surface area contributed by atoms with Crippen LogP contribution in [0.2, 0.25) is 15.1 Å². The monoisotopic (exact) mass is 440 g/mol. The summed E-state index contributed by atoms with van der Waals surface area (Å²) in [6.07, 6.45) is 0. The Morgan fingerprint density at radius 2 is 1.93 bits per heavy atom. The van der Waals surface area contributed by atoms with E-state index in [1.807, 2.05) is 0 Å². The number of carbonyl (C=O) groups is 2. The molecule has 0 aromatic heterocycles. The Labute approximate surface area is 176 Å². The van der Waals surface area contributed by atoms with E-state index in [0.717, 1.165) is 10.5 Å². The van der Waals surface area contributed by atoms with Crippen molar-refractivity contribution in [3.8, 4) is 5.75 Å². The standard InChI is InChI=1S/C19H15Cl3N2O4/c1-19(14-3-2-12(20)6-15(14)22)17(25)24(18(26)23-19)7-10-4-13(21)5-11-8-27-9-28-16(10)11/h2-6H,7-9H2,1H3,(H,23,26). The minimum absolute atomic E-state index is 0.00829. The van der Waals surface area contributed by atoms with E-state index in [9.17, 15) is 9.59 Å². The number of fused-ring (bicyclic) bond motifs is 1. The minimum Gasteiger partial charge on any atom is -0.467 e. The van der Waals surface area contributed by atoms with Crippen molar-refractivity contribution in [3.63, 3.8) is 0 Å². The zero-order valence-corrected chi connectivity index (χ0v) is 17.0. The number of nitrogens with zero attached hydrogens (tertiary/aromatic N) is 1. The van der Waals surface area contributed by atoms with Crippen LogP contribution in [0.25, 0.3) is 0 Å². The Balaban J connectivity index is 1.68. The molecule has 9 heteroatoms. The van der Waals surface area contributed by atoms with Gasteiger partial charge >= 0.3 is 6.03 Å². The lowest BCUT2D eigenvalue weighted by molar-refractivity contribution is -0.131. The maximum Gasteiger partial charge on any atom is 0.325 e. The van der Waals surface area contributed by atoms with Gasteiger partial charge in [0, 0.05) is 31.8 Å². The van der Waals surface area contributed by atoms with Crippen LogP contribution in [0.5, 0.6) is 5.75 Å². The van der Waals surface area contributed by atoms with Gasteiger partial charge in [-0.2, -0.15) is 0 Å². The molecule has 1 N–H and O–H groups in total. The number of benzene rings is 2. The van der Waals surface area contributed by atoms with Crippen molar-refractivity contribution in [1.29, 1.82) is 0 Å². The van der Waals surface area contributed by atoms with E-state index < -0.39 is 17.5 Å². The third-order valence-electron chi connectivity index (χ3n) is 4.82. The van der Waals surface area contributed by atoms with Gasteiger partial charge in [0.05, 0.1) is 13.2 Å². The molecule has 1 unspecified atom stereocenters. The first kappa shape index (κ1) is 19.3. The van der Waals surface area contributed by atoms with Crippen LogP contribution in [0.4, 0.5) is 4.79 Å². The van der Waals surface area contributed by atoms with Crippen LogP contribution in [0.3, 0.4) is 0 Å². The van der Waals surface area contributed by atoms with Gasteiger partial charge in [0.1, 0.15) is 11.3 Å². The second-order valence-electron chi connectivity index (χ2n) is 6.73. The molecular weight excluding hydrogens is 427 g/mol. The molecule has 0 radical (unpaired) electrons. The molecule has 0 spiro atoms. The molecule has 0 aliphatic carbocycles. The highest BCUT2D eigenvalue weighted by Crippen LogP contribution is 2.37. The summed E-state index contributed by atoms with van der Waals surface area (Å²) in [5.41, 5.74) is 0.559. The Kier molecular flexibility index (Phi) is 4.91. The second-order valence-corrected chi connectivity index (χ2v) is 8.01. The summed E-state index contributed by atoms with van der Waals surface area (Å²) in [5, 5.41) is 3.94. The van der Waals surface area contributed by atoms with Gasteiger partial charge in [-0.25, -0.2) is 4.79 Å². The van der Waals surface area contributed by atoms with Crippen molar-refractivity contribution >= 4 is 46.7 Å². The Morgan fingerprint density at radius 3 is 2.68 bits per heavy atom. The molecule has 146 valence electrons. The van der Waals surface area contributed by atoms with E-state index in [0.29, 0.717) is 38.6 Å². The van der Waals surface area contributed by atoms with E-state index >= 15 is 0 Å². The molecule has 2 aromatic carbocycles. The molecule has 2 aliphatic heterocycles. The van der Waals surface area contributed by atoms with E-state index in [1.165, 1.54) is 6.07 Å². The van der Waals surface area contributed by atoms with Gasteiger partial charge in [0.15, 0.2) is 6.79 Å². The number of urea groups is 1. The quantitative estimate of drug-likeness (QED) is 0.713. The topological polar surface area (TPSA) is 67.9 Å². The molecule has 2 aliphatic rings. The SMILES string of the molecule is CC1(c2ccc(Cl)cc2Cl)NC(=O)N(Cc2cc(Cl)cc3c2OCOC3)C1=O. The van der Waals surface area contributed by atoms with Crippen molar-refractivity contribution in [3.05, 3.63) is 62.1 Å². The molecule has 4 rings (SSSR count). The first-order valence-corrected chi connectivity index (χ1v) is 9.54. The van der Waals surface area contributed by atoms with Gasteiger partial charge in [-0.15, -0.1) is 0 Å². The Hall–Kier alpha value is -1.99. The molecule has 1 saturated heterocycles. The maximum absolute atomic E-state index is 13.2. The molecule has 2 aromatic rings. The van der Waals surface area contributed by atoms with Gasteiger partial charge in [-0.1, -0.05) is 40.9 Å². The predicted octanol–water partition coefficient (Wildman–Crippen LogP) is 4.48. The first-order chi connectivity index (χ1) is 13.3. The number of rotatable bonds is 3. The highest BCUT2D eigenvalue weighted by Gasteiger charge is 2.50. The highest BCUT2D eigenvalue weighted by atomic mass is 35.5. The minimum atomic E-state index is -1.30. The van der Waals surface area contributed by atoms with Crippen LogP contribution in [-0.2, 0) is 28.2 Å². The van der Waals surface area contributed by atoms with E-state index in [1.54, 1.807) is 31.2 Å². The van der Waals surface area contributed by atoms with Crippen molar-refractivity contribution in [2.75, 3.05) is 6.79 Å². The molecule has 1 fully saturated rings. The van der Waals surface area contributed by atoms with Crippen molar-refractivity contribution in [1.82, 2.24) is 10.2 Å². The second kappa shape index (κ2) is 7.12. The van der Waals surface area contributed by atoms with Crippen LogP contribution in [-0.4, -0.2) is 23.6 Å². The lowest BCUT2D eigenvalue weighted by atomic mass is 9.92.